The zero-order valence-corrected chi connectivity index (χ0v) is 20.1. The lowest BCUT2D eigenvalue weighted by molar-refractivity contribution is -0.119. The Bertz CT molecular complexity index is 1310. The van der Waals surface area contributed by atoms with E-state index in [2.05, 4.69) is 10.6 Å². The second-order valence-electron chi connectivity index (χ2n) is 8.58. The van der Waals surface area contributed by atoms with E-state index in [-0.39, 0.29) is 29.5 Å². The van der Waals surface area contributed by atoms with E-state index in [1.165, 1.54) is 18.2 Å². The van der Waals surface area contributed by atoms with Crippen LogP contribution in [0, 0.1) is 5.82 Å². The van der Waals surface area contributed by atoms with Crippen LogP contribution in [0.1, 0.15) is 21.5 Å². The molecule has 2 aliphatic heterocycles. The molecule has 1 saturated heterocycles. The van der Waals surface area contributed by atoms with Gasteiger partial charge in [0.25, 0.3) is 11.8 Å². The molecule has 0 radical (unpaired) electrons. The number of benzene rings is 3. The van der Waals surface area contributed by atoms with Crippen molar-refractivity contribution in [3.8, 4) is 0 Å². The summed E-state index contributed by atoms with van der Waals surface area (Å²) < 4.78 is 19.8. The molecule has 2 heterocycles. The van der Waals surface area contributed by atoms with E-state index in [0.29, 0.717) is 47.6 Å². The zero-order valence-electron chi connectivity index (χ0n) is 18.6. The highest BCUT2D eigenvalue weighted by atomic mass is 35.5. The number of carbonyl (C=O) groups is 2. The van der Waals surface area contributed by atoms with Crippen molar-refractivity contribution in [1.82, 2.24) is 4.90 Å². The first kappa shape index (κ1) is 23.6. The van der Waals surface area contributed by atoms with Gasteiger partial charge in [0, 0.05) is 40.8 Å². The fourth-order valence-corrected chi connectivity index (χ4v) is 5.00. The Hall–Kier alpha value is -3.13. The van der Waals surface area contributed by atoms with Gasteiger partial charge in [0.15, 0.2) is 0 Å². The van der Waals surface area contributed by atoms with Gasteiger partial charge in [-0.3, -0.25) is 9.59 Å². The molecule has 2 aliphatic rings. The van der Waals surface area contributed by atoms with Crippen LogP contribution in [0.2, 0.25) is 10.0 Å². The normalized spacial score (nSPS) is 19.3. The monoisotopic (exact) mass is 513 g/mol. The van der Waals surface area contributed by atoms with Gasteiger partial charge < -0.3 is 20.3 Å². The summed E-state index contributed by atoms with van der Waals surface area (Å²) >= 11 is 12.4. The van der Waals surface area contributed by atoms with Crippen molar-refractivity contribution in [2.75, 3.05) is 36.9 Å². The average Bonchev–Trinajstić information content (AvgIpc) is 3.09. The molecule has 3 aromatic carbocycles. The first-order valence-corrected chi connectivity index (χ1v) is 11.9. The number of fused-ring (bicyclic) bond motifs is 1. The zero-order chi connectivity index (χ0) is 24.6. The van der Waals surface area contributed by atoms with Crippen molar-refractivity contribution in [3.63, 3.8) is 0 Å². The summed E-state index contributed by atoms with van der Waals surface area (Å²) in [7, 11) is 0. The molecule has 0 aromatic heterocycles. The summed E-state index contributed by atoms with van der Waals surface area (Å²) in [5.74, 6) is -1.13. The van der Waals surface area contributed by atoms with Gasteiger partial charge >= 0.3 is 0 Å². The molecule has 0 aliphatic carbocycles. The third kappa shape index (κ3) is 4.59. The standard InChI is InChI=1S/C26H22Cl2FN3O3/c27-17-3-1-2-16(12-17)15-26(21-7-4-18(28)13-23(21)30-25(26)34)31-22-14-19(29)5-6-20(22)24(33)32-8-10-35-11-9-32/h1-7,12-14,31H,8-11,15H2,(H,30,34). The van der Waals surface area contributed by atoms with Gasteiger partial charge in [0.05, 0.1) is 24.5 Å². The maximum atomic E-state index is 14.5. The van der Waals surface area contributed by atoms with Crippen LogP contribution in [0.4, 0.5) is 15.8 Å². The molecule has 180 valence electrons. The minimum absolute atomic E-state index is 0.204. The molecule has 1 unspecified atom stereocenters. The summed E-state index contributed by atoms with van der Waals surface area (Å²) in [6, 6.07) is 16.2. The number of rotatable bonds is 5. The van der Waals surface area contributed by atoms with Crippen LogP contribution in [0.3, 0.4) is 0 Å². The van der Waals surface area contributed by atoms with E-state index >= 15 is 0 Å². The highest BCUT2D eigenvalue weighted by molar-refractivity contribution is 6.31. The highest BCUT2D eigenvalue weighted by Gasteiger charge is 2.47. The second kappa shape index (κ2) is 9.49. The van der Waals surface area contributed by atoms with Crippen LogP contribution in [0.15, 0.2) is 60.7 Å². The van der Waals surface area contributed by atoms with Gasteiger partial charge in [0.2, 0.25) is 0 Å². The maximum Gasteiger partial charge on any atom is 0.256 e. The Labute approximate surface area is 212 Å². The summed E-state index contributed by atoms with van der Waals surface area (Å²) in [6.07, 6.45) is 0.204. The number of amides is 2. The van der Waals surface area contributed by atoms with Crippen molar-refractivity contribution in [3.05, 3.63) is 93.2 Å². The van der Waals surface area contributed by atoms with Crippen LogP contribution in [-0.4, -0.2) is 43.0 Å². The predicted molar refractivity (Wildman–Crippen MR) is 134 cm³/mol. The van der Waals surface area contributed by atoms with Crippen LogP contribution >= 0.6 is 23.2 Å². The van der Waals surface area contributed by atoms with Crippen molar-refractivity contribution < 1.29 is 18.7 Å². The minimum Gasteiger partial charge on any atom is -0.378 e. The third-order valence-corrected chi connectivity index (χ3v) is 6.76. The van der Waals surface area contributed by atoms with Gasteiger partial charge in [0.1, 0.15) is 11.4 Å². The molecular formula is C26H22Cl2FN3O3. The number of morpholine rings is 1. The number of nitrogens with one attached hydrogen (secondary N) is 2. The number of ether oxygens (including phenoxy) is 1. The SMILES string of the molecule is O=C(c1ccc(F)cc1NC1(Cc2cccc(Cl)c2)C(=O)Nc2cc(Cl)ccc21)N1CCOCC1. The molecule has 1 fully saturated rings. The lowest BCUT2D eigenvalue weighted by Gasteiger charge is -2.32. The van der Waals surface area contributed by atoms with Gasteiger partial charge in [-0.05, 0) is 48.0 Å². The van der Waals surface area contributed by atoms with Crippen LogP contribution < -0.4 is 10.6 Å². The molecule has 9 heteroatoms. The van der Waals surface area contributed by atoms with Crippen LogP contribution in [0.25, 0.3) is 0 Å². The Morgan fingerprint density at radius 3 is 2.60 bits per heavy atom. The molecule has 0 saturated carbocycles. The van der Waals surface area contributed by atoms with E-state index in [9.17, 15) is 14.0 Å². The molecule has 1 atom stereocenters. The van der Waals surface area contributed by atoms with E-state index in [4.69, 9.17) is 27.9 Å². The summed E-state index contributed by atoms with van der Waals surface area (Å²) in [5, 5.41) is 7.14. The molecule has 35 heavy (non-hydrogen) atoms. The van der Waals surface area contributed by atoms with Crippen molar-refractivity contribution in [1.29, 1.82) is 0 Å². The van der Waals surface area contributed by atoms with Crippen molar-refractivity contribution in [2.24, 2.45) is 0 Å². The number of nitrogens with zero attached hydrogens (tertiary/aromatic N) is 1. The van der Waals surface area contributed by atoms with E-state index in [0.717, 1.165) is 5.56 Å². The minimum atomic E-state index is -1.33. The summed E-state index contributed by atoms with van der Waals surface area (Å²) in [6.45, 7) is 1.74. The Morgan fingerprint density at radius 2 is 1.83 bits per heavy atom. The van der Waals surface area contributed by atoms with Crippen molar-refractivity contribution >= 4 is 46.4 Å². The predicted octanol–water partition coefficient (Wildman–Crippen LogP) is 5.11. The Balaban J connectivity index is 1.61. The Morgan fingerprint density at radius 1 is 1.06 bits per heavy atom. The molecule has 6 nitrogen and oxygen atoms in total. The third-order valence-electron chi connectivity index (χ3n) is 6.29. The van der Waals surface area contributed by atoms with E-state index in [1.807, 2.05) is 6.07 Å². The molecular weight excluding hydrogens is 492 g/mol. The number of hydrogen-bond donors (Lipinski definition) is 2. The van der Waals surface area contributed by atoms with E-state index < -0.39 is 11.4 Å². The molecule has 2 N–H and O–H groups in total. The fraction of sp³-hybridized carbons (Fsp3) is 0.231. The summed E-state index contributed by atoms with van der Waals surface area (Å²) in [5.41, 5.74) is 1.14. The first-order chi connectivity index (χ1) is 16.9. The molecule has 2 amide bonds. The molecule has 5 rings (SSSR count). The topological polar surface area (TPSA) is 70.7 Å². The fourth-order valence-electron chi connectivity index (χ4n) is 4.61. The summed E-state index contributed by atoms with van der Waals surface area (Å²) in [4.78, 5) is 28.6. The quantitative estimate of drug-likeness (QED) is 0.497. The molecule has 3 aromatic rings. The smallest absolute Gasteiger partial charge is 0.256 e. The lowest BCUT2D eigenvalue weighted by Crippen LogP contribution is -2.45. The molecule has 0 spiro atoms. The first-order valence-electron chi connectivity index (χ1n) is 11.2. The van der Waals surface area contributed by atoms with E-state index in [1.54, 1.807) is 41.3 Å². The van der Waals surface area contributed by atoms with Gasteiger partial charge in [-0.2, -0.15) is 0 Å². The van der Waals surface area contributed by atoms with Gasteiger partial charge in [-0.25, -0.2) is 4.39 Å². The van der Waals surface area contributed by atoms with Crippen molar-refractivity contribution in [2.45, 2.75) is 12.0 Å². The highest BCUT2D eigenvalue weighted by Crippen LogP contribution is 2.43. The number of hydrogen-bond acceptors (Lipinski definition) is 4. The largest absolute Gasteiger partial charge is 0.378 e. The maximum absolute atomic E-state index is 14.5. The lowest BCUT2D eigenvalue weighted by atomic mass is 9.84. The second-order valence-corrected chi connectivity index (χ2v) is 9.45. The van der Waals surface area contributed by atoms with Gasteiger partial charge in [-0.1, -0.05) is 41.4 Å². The Kier molecular flexibility index (Phi) is 6.40. The van der Waals surface area contributed by atoms with Gasteiger partial charge in [-0.15, -0.1) is 0 Å². The number of carbonyl (C=O) groups excluding carboxylic acids is 2. The number of halogens is 3. The molecule has 0 bridgehead atoms. The van der Waals surface area contributed by atoms with Crippen LogP contribution in [-0.2, 0) is 21.5 Å². The average molecular weight is 514 g/mol. The van der Waals surface area contributed by atoms with Crippen LogP contribution in [0.5, 0.6) is 0 Å². The number of anilines is 2.